The Kier molecular flexibility index (Phi) is 4.05. The number of hydrogen-bond donors (Lipinski definition) is 0. The first-order valence-electron chi connectivity index (χ1n) is 7.48. The average molecular weight is 293 g/mol. The van der Waals surface area contributed by atoms with E-state index in [1.54, 1.807) is 0 Å². The second-order valence-corrected chi connectivity index (χ2v) is 5.88. The van der Waals surface area contributed by atoms with Crippen LogP contribution in [0.1, 0.15) is 38.5 Å². The molecule has 21 heavy (non-hydrogen) atoms. The maximum atomic E-state index is 11.6. The van der Waals surface area contributed by atoms with Crippen molar-refractivity contribution in [2.24, 2.45) is 11.8 Å². The number of rotatable bonds is 4. The normalized spacial score (nSPS) is 33.1. The summed E-state index contributed by atoms with van der Waals surface area (Å²) in [4.78, 5) is 39.1. The highest BCUT2D eigenvalue weighted by molar-refractivity contribution is 6.01. The predicted octanol–water partition coefficient (Wildman–Crippen LogP) is 1.35. The third-order valence-corrected chi connectivity index (χ3v) is 4.25. The fourth-order valence-corrected chi connectivity index (χ4v) is 2.88. The SMILES string of the molecule is O=C(COC1C/C=C/C2CC2CC1)ON1C(=O)CCC1=O. The van der Waals surface area contributed by atoms with Crippen molar-refractivity contribution in [3.05, 3.63) is 12.2 Å². The molecule has 6 nitrogen and oxygen atoms in total. The number of carbonyl (C=O) groups is 3. The van der Waals surface area contributed by atoms with Crippen LogP contribution in [0.25, 0.3) is 0 Å². The van der Waals surface area contributed by atoms with E-state index >= 15 is 0 Å². The molecule has 1 saturated heterocycles. The van der Waals surface area contributed by atoms with Gasteiger partial charge in [-0.05, 0) is 37.5 Å². The number of ether oxygens (including phenoxy) is 1. The minimum absolute atomic E-state index is 0.000307. The zero-order valence-electron chi connectivity index (χ0n) is 11.8. The monoisotopic (exact) mass is 293 g/mol. The minimum Gasteiger partial charge on any atom is -0.366 e. The quantitative estimate of drug-likeness (QED) is 0.578. The van der Waals surface area contributed by atoms with E-state index in [4.69, 9.17) is 9.57 Å². The lowest BCUT2D eigenvalue weighted by atomic mass is 10.0. The van der Waals surface area contributed by atoms with Gasteiger partial charge >= 0.3 is 5.97 Å². The molecule has 2 amide bonds. The Morgan fingerprint density at radius 1 is 1.24 bits per heavy atom. The summed E-state index contributed by atoms with van der Waals surface area (Å²) in [7, 11) is 0. The number of hydroxylamine groups is 2. The number of amides is 2. The lowest BCUT2D eigenvalue weighted by Gasteiger charge is -2.18. The first kappa shape index (κ1) is 14.3. The number of allylic oxidation sites excluding steroid dienone is 1. The highest BCUT2D eigenvalue weighted by atomic mass is 16.7. The van der Waals surface area contributed by atoms with E-state index in [-0.39, 0.29) is 25.6 Å². The van der Waals surface area contributed by atoms with Gasteiger partial charge in [0.05, 0.1) is 6.10 Å². The largest absolute Gasteiger partial charge is 0.366 e. The van der Waals surface area contributed by atoms with Crippen LogP contribution in [-0.4, -0.2) is 35.6 Å². The van der Waals surface area contributed by atoms with Crippen LogP contribution in [0.5, 0.6) is 0 Å². The van der Waals surface area contributed by atoms with Gasteiger partial charge in [-0.1, -0.05) is 12.2 Å². The molecule has 114 valence electrons. The number of hydrogen-bond acceptors (Lipinski definition) is 5. The Hall–Kier alpha value is -1.69. The highest BCUT2D eigenvalue weighted by Crippen LogP contribution is 2.44. The third-order valence-electron chi connectivity index (χ3n) is 4.25. The molecule has 0 radical (unpaired) electrons. The molecule has 1 heterocycles. The van der Waals surface area contributed by atoms with E-state index in [1.165, 1.54) is 6.42 Å². The second-order valence-electron chi connectivity index (χ2n) is 5.88. The van der Waals surface area contributed by atoms with Gasteiger partial charge in [-0.2, -0.15) is 0 Å². The van der Waals surface area contributed by atoms with Crippen LogP contribution >= 0.6 is 0 Å². The molecular weight excluding hydrogens is 274 g/mol. The fourth-order valence-electron chi connectivity index (χ4n) is 2.88. The predicted molar refractivity (Wildman–Crippen MR) is 71.5 cm³/mol. The number of fused-ring (bicyclic) bond motifs is 1. The van der Waals surface area contributed by atoms with Crippen molar-refractivity contribution >= 4 is 17.8 Å². The molecule has 0 aromatic heterocycles. The summed E-state index contributed by atoms with van der Waals surface area (Å²) in [5.74, 6) is -0.111. The minimum atomic E-state index is -0.700. The Bertz CT molecular complexity index is 470. The highest BCUT2D eigenvalue weighted by Gasteiger charge is 2.36. The van der Waals surface area contributed by atoms with Crippen molar-refractivity contribution in [1.82, 2.24) is 5.06 Å². The second kappa shape index (κ2) is 5.97. The van der Waals surface area contributed by atoms with E-state index in [0.29, 0.717) is 5.06 Å². The van der Waals surface area contributed by atoms with E-state index in [0.717, 1.165) is 31.1 Å². The molecule has 2 fully saturated rings. The molecule has 0 N–H and O–H groups in total. The number of imide groups is 1. The number of nitrogens with zero attached hydrogens (tertiary/aromatic N) is 1. The Balaban J connectivity index is 1.42. The van der Waals surface area contributed by atoms with Crippen molar-refractivity contribution in [3.8, 4) is 0 Å². The molecule has 0 aromatic carbocycles. The van der Waals surface area contributed by atoms with Crippen LogP contribution in [0.15, 0.2) is 12.2 Å². The van der Waals surface area contributed by atoms with Gasteiger partial charge in [0, 0.05) is 12.8 Å². The molecule has 1 saturated carbocycles. The van der Waals surface area contributed by atoms with Gasteiger partial charge in [-0.15, -0.1) is 5.06 Å². The van der Waals surface area contributed by atoms with E-state index in [2.05, 4.69) is 12.2 Å². The van der Waals surface area contributed by atoms with Crippen molar-refractivity contribution in [3.63, 3.8) is 0 Å². The molecule has 0 spiro atoms. The zero-order valence-corrected chi connectivity index (χ0v) is 11.8. The summed E-state index contributed by atoms with van der Waals surface area (Å²) in [6, 6.07) is 0. The summed E-state index contributed by atoms with van der Waals surface area (Å²) in [6.07, 6.45) is 8.67. The van der Waals surface area contributed by atoms with E-state index in [1.807, 2.05) is 0 Å². The van der Waals surface area contributed by atoms with Gasteiger partial charge < -0.3 is 9.57 Å². The Labute approximate surface area is 123 Å². The topological polar surface area (TPSA) is 72.9 Å². The maximum Gasteiger partial charge on any atom is 0.358 e. The van der Waals surface area contributed by atoms with Gasteiger partial charge in [0.15, 0.2) is 0 Å². The fraction of sp³-hybridized carbons (Fsp3) is 0.667. The van der Waals surface area contributed by atoms with Crippen LogP contribution in [0.4, 0.5) is 0 Å². The van der Waals surface area contributed by atoms with Crippen molar-refractivity contribution in [2.75, 3.05) is 6.61 Å². The summed E-state index contributed by atoms with van der Waals surface area (Å²) >= 11 is 0. The van der Waals surface area contributed by atoms with Crippen molar-refractivity contribution in [1.29, 1.82) is 0 Å². The van der Waals surface area contributed by atoms with Crippen LogP contribution in [0.2, 0.25) is 0 Å². The summed E-state index contributed by atoms with van der Waals surface area (Å²) in [6.45, 7) is -0.232. The Morgan fingerprint density at radius 3 is 2.76 bits per heavy atom. The summed E-state index contributed by atoms with van der Waals surface area (Å²) in [5.41, 5.74) is 0. The molecule has 3 aliphatic rings. The molecule has 0 aromatic rings. The Morgan fingerprint density at radius 2 is 2.00 bits per heavy atom. The smallest absolute Gasteiger partial charge is 0.358 e. The molecule has 0 bridgehead atoms. The van der Waals surface area contributed by atoms with Crippen LogP contribution in [0.3, 0.4) is 0 Å². The average Bonchev–Trinajstić information content (AvgIpc) is 3.10. The van der Waals surface area contributed by atoms with Crippen LogP contribution < -0.4 is 0 Å². The van der Waals surface area contributed by atoms with Gasteiger partial charge in [0.25, 0.3) is 11.8 Å². The van der Waals surface area contributed by atoms with Crippen molar-refractivity contribution < 1.29 is 24.0 Å². The van der Waals surface area contributed by atoms with Gasteiger partial charge in [-0.25, -0.2) is 4.79 Å². The van der Waals surface area contributed by atoms with Crippen molar-refractivity contribution in [2.45, 2.75) is 44.6 Å². The van der Waals surface area contributed by atoms with E-state index < -0.39 is 17.8 Å². The zero-order chi connectivity index (χ0) is 14.8. The summed E-state index contributed by atoms with van der Waals surface area (Å²) < 4.78 is 5.55. The standard InChI is InChI=1S/C15H19NO5/c17-13-6-7-14(18)16(13)21-15(19)9-20-12-3-1-2-10-8-11(10)4-5-12/h1-2,10-12H,3-9H2/b2-1+. The maximum absolute atomic E-state index is 11.6. The molecule has 6 heteroatoms. The lowest BCUT2D eigenvalue weighted by Crippen LogP contribution is -2.34. The molecule has 3 unspecified atom stereocenters. The first-order valence-corrected chi connectivity index (χ1v) is 7.48. The molecule has 3 rings (SSSR count). The van der Waals surface area contributed by atoms with Crippen LogP contribution in [-0.2, 0) is 24.0 Å². The third kappa shape index (κ3) is 3.50. The number of carbonyl (C=O) groups excluding carboxylic acids is 3. The molecule has 1 aliphatic heterocycles. The van der Waals surface area contributed by atoms with Crippen LogP contribution in [0, 0.1) is 11.8 Å². The molecular formula is C15H19NO5. The van der Waals surface area contributed by atoms with Gasteiger partial charge in [0.2, 0.25) is 0 Å². The lowest BCUT2D eigenvalue weighted by molar-refractivity contribution is -0.201. The van der Waals surface area contributed by atoms with E-state index in [9.17, 15) is 14.4 Å². The van der Waals surface area contributed by atoms with Gasteiger partial charge in [-0.3, -0.25) is 9.59 Å². The first-order chi connectivity index (χ1) is 10.1. The molecule has 2 aliphatic carbocycles. The van der Waals surface area contributed by atoms with Gasteiger partial charge in [0.1, 0.15) is 6.61 Å². The molecule has 3 atom stereocenters. The summed E-state index contributed by atoms with van der Waals surface area (Å²) in [5, 5.41) is 0.554.